The van der Waals surface area contributed by atoms with Crippen LogP contribution in [0.15, 0.2) is 42.7 Å². The Morgan fingerprint density at radius 2 is 2.22 bits per heavy atom. The first kappa shape index (κ1) is 12.1. The Labute approximate surface area is 109 Å². The molecule has 4 nitrogen and oxygen atoms in total. The van der Waals surface area contributed by atoms with Gasteiger partial charge in [-0.15, -0.1) is 0 Å². The van der Waals surface area contributed by atoms with E-state index in [1.807, 2.05) is 6.07 Å². The summed E-state index contributed by atoms with van der Waals surface area (Å²) >= 11 is 5.93. The van der Waals surface area contributed by atoms with Crippen LogP contribution in [0.4, 0.5) is 5.69 Å². The molecule has 1 aromatic heterocycles. The minimum atomic E-state index is -0.370. The molecule has 0 radical (unpaired) electrons. The average Bonchev–Trinajstić information content (AvgIpc) is 2.40. The Kier molecular flexibility index (Phi) is 3.56. The molecule has 0 saturated carbocycles. The number of rotatable bonds is 2. The first-order valence-electron chi connectivity index (χ1n) is 5.12. The minimum Gasteiger partial charge on any atom is -0.321 e. The summed E-state index contributed by atoms with van der Waals surface area (Å²) in [7, 11) is 0. The first-order chi connectivity index (χ1) is 8.70. The van der Waals surface area contributed by atoms with E-state index >= 15 is 0 Å². The Hall–Kier alpha value is -2.38. The molecule has 0 bridgehead atoms. The molecule has 0 aliphatic carbocycles. The van der Waals surface area contributed by atoms with Gasteiger partial charge in [0.1, 0.15) is 0 Å². The van der Waals surface area contributed by atoms with Crippen molar-refractivity contribution >= 4 is 23.2 Å². The predicted octanol–water partition coefficient (Wildman–Crippen LogP) is 2.86. The molecule has 1 amide bonds. The Bertz CT molecular complexity index is 620. The largest absolute Gasteiger partial charge is 0.321 e. The fourth-order valence-electron chi connectivity index (χ4n) is 1.40. The summed E-state index contributed by atoms with van der Waals surface area (Å²) in [6.07, 6.45) is 3.14. The van der Waals surface area contributed by atoms with Gasteiger partial charge in [-0.1, -0.05) is 11.6 Å². The molecule has 88 valence electrons. The predicted molar refractivity (Wildman–Crippen MR) is 68.4 cm³/mol. The molecule has 0 fully saturated rings. The zero-order chi connectivity index (χ0) is 13.0. The zero-order valence-electron chi connectivity index (χ0n) is 9.22. The fourth-order valence-corrected chi connectivity index (χ4v) is 1.61. The molecular weight excluding hydrogens is 250 g/mol. The molecule has 0 saturated heterocycles. The summed E-state index contributed by atoms with van der Waals surface area (Å²) in [5.74, 6) is -0.370. The first-order valence-corrected chi connectivity index (χ1v) is 5.49. The van der Waals surface area contributed by atoms with E-state index in [2.05, 4.69) is 10.3 Å². The van der Waals surface area contributed by atoms with Crippen molar-refractivity contribution in [2.75, 3.05) is 5.32 Å². The van der Waals surface area contributed by atoms with Gasteiger partial charge in [0, 0.05) is 6.20 Å². The lowest BCUT2D eigenvalue weighted by molar-refractivity contribution is 0.102. The number of halogens is 1. The zero-order valence-corrected chi connectivity index (χ0v) is 9.98. The number of amides is 1. The summed E-state index contributed by atoms with van der Waals surface area (Å²) in [4.78, 5) is 15.9. The highest BCUT2D eigenvalue weighted by molar-refractivity contribution is 6.34. The molecule has 5 heteroatoms. The number of anilines is 1. The SMILES string of the molecule is N#Cc1ccc(Cl)c(C(=O)Nc2cccnc2)c1. The van der Waals surface area contributed by atoms with E-state index in [-0.39, 0.29) is 11.5 Å². The fraction of sp³-hybridized carbons (Fsp3) is 0. The van der Waals surface area contributed by atoms with Gasteiger partial charge in [-0.25, -0.2) is 0 Å². The molecule has 0 aliphatic heterocycles. The van der Waals surface area contributed by atoms with E-state index < -0.39 is 0 Å². The molecule has 1 N–H and O–H groups in total. The number of pyridine rings is 1. The van der Waals surface area contributed by atoms with E-state index in [1.165, 1.54) is 18.3 Å². The van der Waals surface area contributed by atoms with E-state index in [9.17, 15) is 4.79 Å². The third-order valence-electron chi connectivity index (χ3n) is 2.26. The number of nitrogens with zero attached hydrogens (tertiary/aromatic N) is 2. The topological polar surface area (TPSA) is 65.8 Å². The molecule has 0 aliphatic rings. The smallest absolute Gasteiger partial charge is 0.257 e. The number of carbonyl (C=O) groups excluding carboxylic acids is 1. The quantitative estimate of drug-likeness (QED) is 0.900. The van der Waals surface area contributed by atoms with E-state index in [1.54, 1.807) is 24.4 Å². The van der Waals surface area contributed by atoms with Crippen LogP contribution < -0.4 is 5.32 Å². The molecule has 0 spiro atoms. The molecule has 1 aromatic carbocycles. The summed E-state index contributed by atoms with van der Waals surface area (Å²) in [5, 5.41) is 11.7. The lowest BCUT2D eigenvalue weighted by atomic mass is 10.1. The number of benzene rings is 1. The van der Waals surface area contributed by atoms with Crippen molar-refractivity contribution in [3.63, 3.8) is 0 Å². The number of carbonyl (C=O) groups is 1. The van der Waals surface area contributed by atoms with Crippen molar-refractivity contribution in [1.82, 2.24) is 4.98 Å². The number of nitrogens with one attached hydrogen (secondary N) is 1. The summed E-state index contributed by atoms with van der Waals surface area (Å²) in [6.45, 7) is 0. The van der Waals surface area contributed by atoms with Gasteiger partial charge in [0.15, 0.2) is 0 Å². The highest BCUT2D eigenvalue weighted by atomic mass is 35.5. The Balaban J connectivity index is 2.27. The summed E-state index contributed by atoms with van der Waals surface area (Å²) in [5.41, 5.74) is 1.22. The van der Waals surface area contributed by atoms with Crippen molar-refractivity contribution in [2.45, 2.75) is 0 Å². The maximum atomic E-state index is 12.0. The van der Waals surface area contributed by atoms with Crippen molar-refractivity contribution in [3.8, 4) is 6.07 Å². The van der Waals surface area contributed by atoms with Gasteiger partial charge in [-0.2, -0.15) is 5.26 Å². The Morgan fingerprint density at radius 1 is 1.39 bits per heavy atom. The van der Waals surface area contributed by atoms with Crippen LogP contribution in [0.5, 0.6) is 0 Å². The van der Waals surface area contributed by atoms with Crippen LogP contribution in [0, 0.1) is 11.3 Å². The van der Waals surface area contributed by atoms with Gasteiger partial charge in [0.05, 0.1) is 34.1 Å². The second-order valence-corrected chi connectivity index (χ2v) is 3.91. The lowest BCUT2D eigenvalue weighted by Gasteiger charge is -2.06. The van der Waals surface area contributed by atoms with Crippen molar-refractivity contribution < 1.29 is 4.79 Å². The van der Waals surface area contributed by atoms with Crippen LogP contribution >= 0.6 is 11.6 Å². The normalized spacial score (nSPS) is 9.56. The third kappa shape index (κ3) is 2.65. The van der Waals surface area contributed by atoms with Gasteiger partial charge in [-0.3, -0.25) is 9.78 Å². The van der Waals surface area contributed by atoms with Crippen LogP contribution in [-0.2, 0) is 0 Å². The van der Waals surface area contributed by atoms with Gasteiger partial charge >= 0.3 is 0 Å². The number of aromatic nitrogens is 1. The minimum absolute atomic E-state index is 0.263. The number of hydrogen-bond donors (Lipinski definition) is 1. The Morgan fingerprint density at radius 3 is 2.89 bits per heavy atom. The summed E-state index contributed by atoms with van der Waals surface area (Å²) in [6, 6.07) is 9.93. The second kappa shape index (κ2) is 5.30. The van der Waals surface area contributed by atoms with E-state index in [0.717, 1.165) is 0 Å². The highest BCUT2D eigenvalue weighted by Gasteiger charge is 2.11. The second-order valence-electron chi connectivity index (χ2n) is 3.50. The molecule has 2 rings (SSSR count). The standard InChI is InChI=1S/C13H8ClN3O/c14-12-4-3-9(7-15)6-11(12)13(18)17-10-2-1-5-16-8-10/h1-6,8H,(H,17,18). The lowest BCUT2D eigenvalue weighted by Crippen LogP contribution is -2.12. The highest BCUT2D eigenvalue weighted by Crippen LogP contribution is 2.18. The third-order valence-corrected chi connectivity index (χ3v) is 2.59. The van der Waals surface area contributed by atoms with Crippen LogP contribution in [-0.4, -0.2) is 10.9 Å². The van der Waals surface area contributed by atoms with Gasteiger partial charge in [-0.05, 0) is 30.3 Å². The van der Waals surface area contributed by atoms with Crippen molar-refractivity contribution in [2.24, 2.45) is 0 Å². The molecule has 18 heavy (non-hydrogen) atoms. The maximum Gasteiger partial charge on any atom is 0.257 e. The van der Waals surface area contributed by atoms with Crippen LogP contribution in [0.3, 0.4) is 0 Å². The monoisotopic (exact) mass is 257 g/mol. The molecule has 0 atom stereocenters. The van der Waals surface area contributed by atoms with Crippen LogP contribution in [0.1, 0.15) is 15.9 Å². The van der Waals surface area contributed by atoms with Gasteiger partial charge < -0.3 is 5.32 Å². The maximum absolute atomic E-state index is 12.0. The van der Waals surface area contributed by atoms with E-state index in [4.69, 9.17) is 16.9 Å². The molecular formula is C13H8ClN3O. The summed E-state index contributed by atoms with van der Waals surface area (Å²) < 4.78 is 0. The number of nitriles is 1. The number of hydrogen-bond acceptors (Lipinski definition) is 3. The van der Waals surface area contributed by atoms with Crippen LogP contribution in [0.2, 0.25) is 5.02 Å². The van der Waals surface area contributed by atoms with Gasteiger partial charge in [0.2, 0.25) is 0 Å². The van der Waals surface area contributed by atoms with Gasteiger partial charge in [0.25, 0.3) is 5.91 Å². The average molecular weight is 258 g/mol. The van der Waals surface area contributed by atoms with Crippen LogP contribution in [0.25, 0.3) is 0 Å². The van der Waals surface area contributed by atoms with E-state index in [0.29, 0.717) is 16.3 Å². The van der Waals surface area contributed by atoms with Crippen molar-refractivity contribution in [3.05, 3.63) is 58.9 Å². The molecule has 2 aromatic rings. The van der Waals surface area contributed by atoms with Crippen molar-refractivity contribution in [1.29, 1.82) is 5.26 Å². The molecule has 0 unspecified atom stereocenters. The molecule has 1 heterocycles.